The number of carbonyl (C=O) groups excluding carboxylic acids is 1. The van der Waals surface area contributed by atoms with Gasteiger partial charge in [0.1, 0.15) is 0 Å². The van der Waals surface area contributed by atoms with E-state index >= 15 is 0 Å². The van der Waals surface area contributed by atoms with Gasteiger partial charge in [-0.05, 0) is 31.9 Å². The second-order valence-corrected chi connectivity index (χ2v) is 5.25. The van der Waals surface area contributed by atoms with Crippen LogP contribution in [0.25, 0.3) is 0 Å². The number of aromatic nitrogens is 3. The van der Waals surface area contributed by atoms with E-state index < -0.39 is 0 Å². The van der Waals surface area contributed by atoms with E-state index in [1.165, 1.54) is 0 Å². The number of hydrogen-bond acceptors (Lipinski definition) is 5. The molecule has 6 heteroatoms. The number of aryl methyl sites for hydroxylation is 3. The molecule has 0 aliphatic heterocycles. The molecule has 0 saturated heterocycles. The van der Waals surface area contributed by atoms with E-state index in [-0.39, 0.29) is 5.91 Å². The van der Waals surface area contributed by atoms with Crippen LogP contribution in [0.15, 0.2) is 22.7 Å². The molecule has 2 aromatic heterocycles. The molecule has 0 saturated carbocycles. The van der Waals surface area contributed by atoms with Crippen molar-refractivity contribution in [2.45, 2.75) is 52.5 Å². The Morgan fingerprint density at radius 1 is 1.27 bits per heavy atom. The van der Waals surface area contributed by atoms with Gasteiger partial charge < -0.3 is 9.84 Å². The molecule has 2 rings (SSSR count). The summed E-state index contributed by atoms with van der Waals surface area (Å²) >= 11 is 0. The maximum atomic E-state index is 11.8. The summed E-state index contributed by atoms with van der Waals surface area (Å²) in [4.78, 5) is 20.4. The fraction of sp³-hybridized carbons (Fsp3) is 0.500. The minimum Gasteiger partial charge on any atom is -0.350 e. The Labute approximate surface area is 130 Å². The highest BCUT2D eigenvalue weighted by Gasteiger charge is 2.07. The zero-order valence-corrected chi connectivity index (χ0v) is 13.1. The molecule has 0 aliphatic carbocycles. The van der Waals surface area contributed by atoms with Crippen LogP contribution in [-0.4, -0.2) is 21.0 Å². The summed E-state index contributed by atoms with van der Waals surface area (Å²) in [7, 11) is 0. The van der Waals surface area contributed by atoms with Gasteiger partial charge in [0.2, 0.25) is 11.8 Å². The second kappa shape index (κ2) is 8.26. The Morgan fingerprint density at radius 3 is 2.91 bits per heavy atom. The van der Waals surface area contributed by atoms with E-state index in [0.29, 0.717) is 31.7 Å². The lowest BCUT2D eigenvalue weighted by Gasteiger charge is -2.04. The van der Waals surface area contributed by atoms with E-state index in [9.17, 15) is 4.79 Å². The van der Waals surface area contributed by atoms with Crippen molar-refractivity contribution in [2.75, 3.05) is 0 Å². The smallest absolute Gasteiger partial charge is 0.226 e. The van der Waals surface area contributed by atoms with Crippen LogP contribution >= 0.6 is 0 Å². The highest BCUT2D eigenvalue weighted by Crippen LogP contribution is 2.05. The Balaban J connectivity index is 1.67. The van der Waals surface area contributed by atoms with Crippen molar-refractivity contribution in [3.8, 4) is 0 Å². The third-order valence-electron chi connectivity index (χ3n) is 3.19. The Hall–Kier alpha value is -2.24. The molecule has 0 radical (unpaired) electrons. The lowest BCUT2D eigenvalue weighted by atomic mass is 10.2. The first-order valence-electron chi connectivity index (χ1n) is 7.68. The molecule has 1 amide bonds. The van der Waals surface area contributed by atoms with Gasteiger partial charge >= 0.3 is 0 Å². The topological polar surface area (TPSA) is 80.9 Å². The van der Waals surface area contributed by atoms with E-state index in [2.05, 4.69) is 27.4 Å². The maximum Gasteiger partial charge on any atom is 0.226 e. The van der Waals surface area contributed by atoms with Crippen LogP contribution in [0.4, 0.5) is 0 Å². The van der Waals surface area contributed by atoms with Gasteiger partial charge in [-0.3, -0.25) is 9.78 Å². The van der Waals surface area contributed by atoms with E-state index in [4.69, 9.17) is 4.52 Å². The van der Waals surface area contributed by atoms with Gasteiger partial charge in [-0.25, -0.2) is 0 Å². The number of pyridine rings is 1. The minimum atomic E-state index is 0.0107. The predicted octanol–water partition coefficient (Wildman–Crippen LogP) is 2.36. The lowest BCUT2D eigenvalue weighted by molar-refractivity contribution is -0.121. The molecule has 0 fully saturated rings. The number of nitrogens with zero attached hydrogens (tertiary/aromatic N) is 3. The number of amides is 1. The van der Waals surface area contributed by atoms with Crippen molar-refractivity contribution in [3.05, 3.63) is 41.3 Å². The molecule has 1 N–H and O–H groups in total. The largest absolute Gasteiger partial charge is 0.350 e. The summed E-state index contributed by atoms with van der Waals surface area (Å²) in [5.41, 5.74) is 1.82. The molecule has 0 unspecified atom stereocenters. The van der Waals surface area contributed by atoms with Crippen molar-refractivity contribution in [3.63, 3.8) is 0 Å². The van der Waals surface area contributed by atoms with Crippen LogP contribution in [0.5, 0.6) is 0 Å². The van der Waals surface area contributed by atoms with E-state index in [1.54, 1.807) is 0 Å². The summed E-state index contributed by atoms with van der Waals surface area (Å²) in [5.74, 6) is 1.36. The summed E-state index contributed by atoms with van der Waals surface area (Å²) < 4.78 is 5.14. The highest BCUT2D eigenvalue weighted by molar-refractivity contribution is 5.75. The molecular weight excluding hydrogens is 280 g/mol. The molecule has 0 aromatic carbocycles. The minimum absolute atomic E-state index is 0.0107. The Morgan fingerprint density at radius 2 is 2.14 bits per heavy atom. The first kappa shape index (κ1) is 16.1. The summed E-state index contributed by atoms with van der Waals surface area (Å²) in [6.07, 6.45) is 3.59. The van der Waals surface area contributed by atoms with Gasteiger partial charge in [-0.1, -0.05) is 18.1 Å². The Kier molecular flexibility index (Phi) is 6.06. The SMILES string of the molecule is CCCc1noc(CCCC(=O)NCc2cccc(C)n2)n1. The van der Waals surface area contributed by atoms with Crippen LogP contribution in [-0.2, 0) is 24.2 Å². The average Bonchev–Trinajstić information content (AvgIpc) is 2.93. The fourth-order valence-corrected chi connectivity index (χ4v) is 2.09. The molecule has 2 heterocycles. The summed E-state index contributed by atoms with van der Waals surface area (Å²) in [5, 5.41) is 6.76. The van der Waals surface area contributed by atoms with Crippen molar-refractivity contribution >= 4 is 5.91 Å². The van der Waals surface area contributed by atoms with Crippen LogP contribution < -0.4 is 5.32 Å². The van der Waals surface area contributed by atoms with Crippen LogP contribution in [0.2, 0.25) is 0 Å². The third kappa shape index (κ3) is 5.27. The highest BCUT2D eigenvalue weighted by atomic mass is 16.5. The first-order valence-corrected chi connectivity index (χ1v) is 7.68. The molecule has 22 heavy (non-hydrogen) atoms. The summed E-state index contributed by atoms with van der Waals surface area (Å²) in [6, 6.07) is 5.77. The quantitative estimate of drug-likeness (QED) is 0.809. The molecular formula is C16H22N4O2. The van der Waals surface area contributed by atoms with E-state index in [1.807, 2.05) is 25.1 Å². The number of nitrogens with one attached hydrogen (secondary N) is 1. The lowest BCUT2D eigenvalue weighted by Crippen LogP contribution is -2.23. The van der Waals surface area contributed by atoms with Crippen molar-refractivity contribution in [1.82, 2.24) is 20.4 Å². The monoisotopic (exact) mass is 302 g/mol. The van der Waals surface area contributed by atoms with Crippen LogP contribution in [0.3, 0.4) is 0 Å². The molecule has 2 aromatic rings. The zero-order chi connectivity index (χ0) is 15.8. The van der Waals surface area contributed by atoms with Gasteiger partial charge in [-0.15, -0.1) is 0 Å². The van der Waals surface area contributed by atoms with Gasteiger partial charge in [-0.2, -0.15) is 4.98 Å². The molecule has 118 valence electrons. The molecule has 0 atom stereocenters. The Bertz CT molecular complexity index is 610. The molecule has 6 nitrogen and oxygen atoms in total. The predicted molar refractivity (Wildman–Crippen MR) is 82.1 cm³/mol. The number of hydrogen-bond donors (Lipinski definition) is 1. The van der Waals surface area contributed by atoms with Gasteiger partial charge in [0, 0.05) is 25.0 Å². The number of rotatable bonds is 8. The molecule has 0 bridgehead atoms. The molecule has 0 aliphatic rings. The number of carbonyl (C=O) groups is 1. The van der Waals surface area contributed by atoms with Gasteiger partial charge in [0.05, 0.1) is 12.2 Å². The van der Waals surface area contributed by atoms with Gasteiger partial charge in [0.25, 0.3) is 0 Å². The first-order chi connectivity index (χ1) is 10.7. The van der Waals surface area contributed by atoms with E-state index in [0.717, 1.165) is 30.1 Å². The molecule has 0 spiro atoms. The summed E-state index contributed by atoms with van der Waals surface area (Å²) in [6.45, 7) is 4.47. The van der Waals surface area contributed by atoms with Crippen LogP contribution in [0, 0.1) is 6.92 Å². The van der Waals surface area contributed by atoms with Crippen LogP contribution in [0.1, 0.15) is 49.3 Å². The normalized spacial score (nSPS) is 10.6. The standard InChI is InChI=1S/C16H22N4O2/c1-3-6-14-19-16(22-20-14)10-5-9-15(21)17-11-13-8-4-7-12(2)18-13/h4,7-8H,3,5-6,9-11H2,1-2H3,(H,17,21). The zero-order valence-electron chi connectivity index (χ0n) is 13.1. The maximum absolute atomic E-state index is 11.8. The van der Waals surface area contributed by atoms with Gasteiger partial charge in [0.15, 0.2) is 5.82 Å². The van der Waals surface area contributed by atoms with Crippen molar-refractivity contribution in [2.24, 2.45) is 0 Å². The third-order valence-corrected chi connectivity index (χ3v) is 3.19. The fourth-order valence-electron chi connectivity index (χ4n) is 2.09. The average molecular weight is 302 g/mol. The second-order valence-electron chi connectivity index (χ2n) is 5.25. The van der Waals surface area contributed by atoms with Crippen molar-refractivity contribution < 1.29 is 9.32 Å². The van der Waals surface area contributed by atoms with Crippen molar-refractivity contribution in [1.29, 1.82) is 0 Å².